The summed E-state index contributed by atoms with van der Waals surface area (Å²) in [4.78, 5) is 43.1. The number of nitrogens with zero attached hydrogens (tertiary/aromatic N) is 2. The van der Waals surface area contributed by atoms with Crippen molar-refractivity contribution in [1.82, 2.24) is 15.4 Å². The Bertz CT molecular complexity index is 1180. The van der Waals surface area contributed by atoms with Gasteiger partial charge in [-0.05, 0) is 30.2 Å². The number of nitrogens with one attached hydrogen (secondary N) is 2. The second-order valence-corrected chi connectivity index (χ2v) is 7.23. The first-order chi connectivity index (χ1) is 15.3. The summed E-state index contributed by atoms with van der Waals surface area (Å²) >= 11 is 1.00. The number of carbonyl (C=O) groups is 3. The molecule has 2 heterocycles. The van der Waals surface area contributed by atoms with Gasteiger partial charge in [-0.3, -0.25) is 20.1 Å². The predicted molar refractivity (Wildman–Crippen MR) is 112 cm³/mol. The van der Waals surface area contributed by atoms with Crippen LogP contribution < -0.4 is 15.5 Å². The SMILES string of the molecule is CCc1cc(C(=O)O)c(O)cc1OCc1cccc(C(=O)Nc2nc(C(=O)NO)cs2)n1. The number of carboxylic acids is 1. The second-order valence-electron chi connectivity index (χ2n) is 6.37. The predicted octanol–water partition coefficient (Wildman–Crippen LogP) is 2.45. The van der Waals surface area contributed by atoms with Gasteiger partial charge >= 0.3 is 5.97 Å². The lowest BCUT2D eigenvalue weighted by Crippen LogP contribution is -2.19. The summed E-state index contributed by atoms with van der Waals surface area (Å²) < 4.78 is 5.70. The lowest BCUT2D eigenvalue weighted by molar-refractivity contribution is 0.0689. The molecule has 5 N–H and O–H groups in total. The average molecular weight is 458 g/mol. The molecule has 12 heteroatoms. The molecular formula is C20H18N4O7S. The molecule has 0 aliphatic rings. The van der Waals surface area contributed by atoms with Crippen molar-refractivity contribution in [2.75, 3.05) is 5.32 Å². The Balaban J connectivity index is 1.71. The number of ether oxygens (including phenoxy) is 1. The number of anilines is 1. The van der Waals surface area contributed by atoms with Crippen molar-refractivity contribution in [1.29, 1.82) is 0 Å². The third-order valence-corrected chi connectivity index (χ3v) is 5.02. The number of aromatic hydroxyl groups is 1. The molecule has 0 unspecified atom stereocenters. The molecule has 32 heavy (non-hydrogen) atoms. The number of aromatic carboxylic acids is 1. The molecule has 0 aliphatic heterocycles. The van der Waals surface area contributed by atoms with Crippen LogP contribution in [-0.4, -0.2) is 43.2 Å². The van der Waals surface area contributed by atoms with Gasteiger partial charge in [-0.25, -0.2) is 20.2 Å². The summed E-state index contributed by atoms with van der Waals surface area (Å²) in [5.74, 6) is -2.70. The van der Waals surface area contributed by atoms with Gasteiger partial charge in [-0.15, -0.1) is 11.3 Å². The molecule has 0 radical (unpaired) electrons. The van der Waals surface area contributed by atoms with Crippen LogP contribution in [0.3, 0.4) is 0 Å². The van der Waals surface area contributed by atoms with E-state index in [1.54, 1.807) is 12.1 Å². The monoisotopic (exact) mass is 458 g/mol. The summed E-state index contributed by atoms with van der Waals surface area (Å²) in [6.45, 7) is 1.79. The third kappa shape index (κ3) is 5.17. The summed E-state index contributed by atoms with van der Waals surface area (Å²) in [5, 5.41) is 31.7. The number of hydrogen-bond acceptors (Lipinski definition) is 9. The van der Waals surface area contributed by atoms with E-state index in [2.05, 4.69) is 15.3 Å². The standard InChI is InChI=1S/C20H18N4O7S/c1-2-10-6-12(19(28)29)15(25)7-16(10)31-8-11-4-3-5-13(21-11)17(26)23-20-22-14(9-32-20)18(27)24-30/h3-7,9,25,30H,2,8H2,1H3,(H,24,27)(H,28,29)(H,22,23,26). The molecular weight excluding hydrogens is 440 g/mol. The van der Waals surface area contributed by atoms with Gasteiger partial charge in [0, 0.05) is 11.4 Å². The maximum atomic E-state index is 12.4. The number of carbonyl (C=O) groups excluding carboxylic acids is 2. The number of hydrogen-bond donors (Lipinski definition) is 5. The molecule has 0 aliphatic carbocycles. The molecule has 0 spiro atoms. The number of rotatable bonds is 8. The zero-order valence-electron chi connectivity index (χ0n) is 16.7. The summed E-state index contributed by atoms with van der Waals surface area (Å²) in [7, 11) is 0. The van der Waals surface area contributed by atoms with Crippen molar-refractivity contribution in [2.24, 2.45) is 0 Å². The first kappa shape index (κ1) is 22.7. The van der Waals surface area contributed by atoms with Crippen LogP contribution in [0.4, 0.5) is 5.13 Å². The number of aryl methyl sites for hydroxylation is 1. The van der Waals surface area contributed by atoms with Gasteiger partial charge in [-0.1, -0.05) is 13.0 Å². The highest BCUT2D eigenvalue weighted by Gasteiger charge is 2.16. The fourth-order valence-corrected chi connectivity index (χ4v) is 3.37. The Morgan fingerprint density at radius 2 is 1.91 bits per heavy atom. The molecule has 1 aromatic carbocycles. The van der Waals surface area contributed by atoms with E-state index in [-0.39, 0.29) is 28.7 Å². The fraction of sp³-hybridized carbons (Fsp3) is 0.150. The minimum atomic E-state index is -1.24. The van der Waals surface area contributed by atoms with Gasteiger partial charge in [0.05, 0.1) is 5.69 Å². The number of benzene rings is 1. The van der Waals surface area contributed by atoms with Crippen molar-refractivity contribution in [2.45, 2.75) is 20.0 Å². The first-order valence-corrected chi connectivity index (χ1v) is 10.1. The van der Waals surface area contributed by atoms with Crippen molar-refractivity contribution < 1.29 is 34.5 Å². The normalized spacial score (nSPS) is 10.4. The summed E-state index contributed by atoms with van der Waals surface area (Å²) in [5.41, 5.74) is 2.29. The molecule has 0 atom stereocenters. The Kier molecular flexibility index (Phi) is 6.97. The van der Waals surface area contributed by atoms with Crippen LogP contribution in [0.1, 0.15) is 49.5 Å². The third-order valence-electron chi connectivity index (χ3n) is 4.26. The number of hydroxylamine groups is 1. The second kappa shape index (κ2) is 9.85. The highest BCUT2D eigenvalue weighted by molar-refractivity contribution is 7.14. The zero-order chi connectivity index (χ0) is 23.3. The lowest BCUT2D eigenvalue weighted by Gasteiger charge is -2.12. The minimum absolute atomic E-state index is 0.0297. The van der Waals surface area contributed by atoms with E-state index in [1.807, 2.05) is 6.92 Å². The van der Waals surface area contributed by atoms with Crippen molar-refractivity contribution >= 4 is 34.3 Å². The topological polar surface area (TPSA) is 171 Å². The van der Waals surface area contributed by atoms with Crippen LogP contribution in [0, 0.1) is 0 Å². The fourth-order valence-electron chi connectivity index (χ4n) is 2.69. The number of aromatic nitrogens is 2. The average Bonchev–Trinajstić information content (AvgIpc) is 3.25. The largest absolute Gasteiger partial charge is 0.507 e. The van der Waals surface area contributed by atoms with Gasteiger partial charge in [-0.2, -0.15) is 0 Å². The maximum absolute atomic E-state index is 12.4. The molecule has 0 fully saturated rings. The summed E-state index contributed by atoms with van der Waals surface area (Å²) in [6.07, 6.45) is 0.482. The van der Waals surface area contributed by atoms with Gasteiger partial charge in [0.15, 0.2) is 5.13 Å². The lowest BCUT2D eigenvalue weighted by atomic mass is 10.1. The van der Waals surface area contributed by atoms with Gasteiger partial charge in [0.25, 0.3) is 11.8 Å². The van der Waals surface area contributed by atoms with Crippen LogP contribution in [0.25, 0.3) is 0 Å². The van der Waals surface area contributed by atoms with Crippen LogP contribution >= 0.6 is 11.3 Å². The van der Waals surface area contributed by atoms with Crippen LogP contribution in [-0.2, 0) is 13.0 Å². The number of thiazole rings is 1. The Morgan fingerprint density at radius 1 is 1.12 bits per heavy atom. The minimum Gasteiger partial charge on any atom is -0.507 e. The number of carboxylic acid groups (broad SMARTS) is 1. The zero-order valence-corrected chi connectivity index (χ0v) is 17.5. The first-order valence-electron chi connectivity index (χ1n) is 9.21. The van der Waals surface area contributed by atoms with E-state index in [1.165, 1.54) is 29.1 Å². The highest BCUT2D eigenvalue weighted by Crippen LogP contribution is 2.29. The molecule has 0 saturated heterocycles. The van der Waals surface area contributed by atoms with E-state index in [0.717, 1.165) is 11.3 Å². The van der Waals surface area contributed by atoms with Crippen LogP contribution in [0.15, 0.2) is 35.7 Å². The highest BCUT2D eigenvalue weighted by atomic mass is 32.1. The van der Waals surface area contributed by atoms with Crippen molar-refractivity contribution in [3.05, 3.63) is 63.9 Å². The molecule has 11 nitrogen and oxygen atoms in total. The van der Waals surface area contributed by atoms with E-state index < -0.39 is 23.5 Å². The molecule has 2 aromatic heterocycles. The Morgan fingerprint density at radius 3 is 2.59 bits per heavy atom. The molecule has 0 bridgehead atoms. The number of pyridine rings is 1. The molecule has 3 rings (SSSR count). The van der Waals surface area contributed by atoms with E-state index in [9.17, 15) is 19.5 Å². The number of phenols is 1. The Hall–Kier alpha value is -4.03. The van der Waals surface area contributed by atoms with E-state index in [0.29, 0.717) is 23.4 Å². The van der Waals surface area contributed by atoms with E-state index >= 15 is 0 Å². The van der Waals surface area contributed by atoms with E-state index in [4.69, 9.17) is 15.1 Å². The molecule has 3 aromatic rings. The van der Waals surface area contributed by atoms with Gasteiger partial charge in [0.2, 0.25) is 0 Å². The molecule has 2 amide bonds. The van der Waals surface area contributed by atoms with Crippen LogP contribution in [0.5, 0.6) is 11.5 Å². The quantitative estimate of drug-likeness (QED) is 0.251. The maximum Gasteiger partial charge on any atom is 0.339 e. The Labute approximate surface area is 185 Å². The number of amides is 2. The summed E-state index contributed by atoms with van der Waals surface area (Å²) in [6, 6.07) is 7.32. The smallest absolute Gasteiger partial charge is 0.339 e. The van der Waals surface area contributed by atoms with Crippen LogP contribution in [0.2, 0.25) is 0 Å². The van der Waals surface area contributed by atoms with Gasteiger partial charge in [0.1, 0.15) is 35.1 Å². The molecule has 166 valence electrons. The van der Waals surface area contributed by atoms with Crippen molar-refractivity contribution in [3.63, 3.8) is 0 Å². The van der Waals surface area contributed by atoms with Gasteiger partial charge < -0.3 is 14.9 Å². The molecule has 0 saturated carbocycles. The van der Waals surface area contributed by atoms with Crippen molar-refractivity contribution in [3.8, 4) is 11.5 Å².